The zero-order valence-electron chi connectivity index (χ0n) is 12.8. The fourth-order valence-corrected chi connectivity index (χ4v) is 2.39. The maximum Gasteiger partial charge on any atom is 0.319 e. The van der Waals surface area contributed by atoms with Gasteiger partial charge in [-0.2, -0.15) is 0 Å². The van der Waals surface area contributed by atoms with E-state index in [1.54, 1.807) is 23.9 Å². The Morgan fingerprint density at radius 3 is 2.75 bits per heavy atom. The smallest absolute Gasteiger partial charge is 0.319 e. The topological polar surface area (TPSA) is 72.9 Å². The number of aliphatic hydroxyl groups is 1. The van der Waals surface area contributed by atoms with E-state index in [-0.39, 0.29) is 30.4 Å². The Balaban J connectivity index is 2.42. The summed E-state index contributed by atoms with van der Waals surface area (Å²) < 4.78 is 0. The minimum absolute atomic E-state index is 0.0195. The van der Waals surface area contributed by atoms with Gasteiger partial charge in [0.15, 0.2) is 0 Å². The number of hydrogen-bond acceptors (Lipinski definition) is 3. The SMILES string of the molecule is CC(CCO)CNC(=O)C1CCCN(C(=O)N(C)C)C1. The summed E-state index contributed by atoms with van der Waals surface area (Å²) in [5.74, 6) is 0.173. The van der Waals surface area contributed by atoms with Gasteiger partial charge in [0.25, 0.3) is 0 Å². The zero-order valence-corrected chi connectivity index (χ0v) is 12.8. The molecule has 0 radical (unpaired) electrons. The summed E-state index contributed by atoms with van der Waals surface area (Å²) in [4.78, 5) is 27.3. The number of rotatable bonds is 5. The molecule has 2 N–H and O–H groups in total. The lowest BCUT2D eigenvalue weighted by atomic mass is 9.97. The van der Waals surface area contributed by atoms with E-state index in [0.717, 1.165) is 19.4 Å². The van der Waals surface area contributed by atoms with Gasteiger partial charge in [-0.3, -0.25) is 4.79 Å². The van der Waals surface area contributed by atoms with Gasteiger partial charge in [-0.05, 0) is 25.2 Å². The summed E-state index contributed by atoms with van der Waals surface area (Å²) in [5, 5.41) is 11.8. The first kappa shape index (κ1) is 16.8. The molecule has 1 aliphatic heterocycles. The molecule has 3 amide bonds. The Kier molecular flexibility index (Phi) is 6.78. The van der Waals surface area contributed by atoms with Crippen LogP contribution in [0.3, 0.4) is 0 Å². The van der Waals surface area contributed by atoms with E-state index < -0.39 is 0 Å². The van der Waals surface area contributed by atoms with Crippen LogP contribution in [0, 0.1) is 11.8 Å². The molecule has 1 rings (SSSR count). The molecular formula is C14H27N3O3. The molecule has 1 saturated heterocycles. The first-order chi connectivity index (χ1) is 9.45. The molecule has 0 aromatic heterocycles. The van der Waals surface area contributed by atoms with Crippen molar-refractivity contribution in [3.05, 3.63) is 0 Å². The number of aliphatic hydroxyl groups excluding tert-OH is 1. The monoisotopic (exact) mass is 285 g/mol. The fraction of sp³-hybridized carbons (Fsp3) is 0.857. The number of nitrogens with one attached hydrogen (secondary N) is 1. The number of carbonyl (C=O) groups excluding carboxylic acids is 2. The second kappa shape index (κ2) is 8.09. The van der Waals surface area contributed by atoms with Crippen molar-refractivity contribution >= 4 is 11.9 Å². The van der Waals surface area contributed by atoms with Gasteiger partial charge >= 0.3 is 6.03 Å². The highest BCUT2D eigenvalue weighted by Crippen LogP contribution is 2.17. The Hall–Kier alpha value is -1.30. The van der Waals surface area contributed by atoms with Gasteiger partial charge in [0.1, 0.15) is 0 Å². The standard InChI is InChI=1S/C14H27N3O3/c1-11(6-8-18)9-15-13(19)12-5-4-7-17(10-12)14(20)16(2)3/h11-12,18H,4-10H2,1-3H3,(H,15,19). The van der Waals surface area contributed by atoms with E-state index in [1.807, 2.05) is 6.92 Å². The molecule has 1 heterocycles. The second-order valence-electron chi connectivity index (χ2n) is 5.82. The highest BCUT2D eigenvalue weighted by Gasteiger charge is 2.28. The van der Waals surface area contributed by atoms with E-state index in [2.05, 4.69) is 5.32 Å². The maximum atomic E-state index is 12.1. The lowest BCUT2D eigenvalue weighted by molar-refractivity contribution is -0.126. The zero-order chi connectivity index (χ0) is 15.1. The summed E-state index contributed by atoms with van der Waals surface area (Å²) in [5.41, 5.74) is 0. The minimum Gasteiger partial charge on any atom is -0.396 e. The van der Waals surface area contributed by atoms with Crippen molar-refractivity contribution in [3.63, 3.8) is 0 Å². The van der Waals surface area contributed by atoms with Crippen molar-refractivity contribution in [3.8, 4) is 0 Å². The molecule has 2 atom stereocenters. The lowest BCUT2D eigenvalue weighted by Gasteiger charge is -2.33. The van der Waals surface area contributed by atoms with Crippen molar-refractivity contribution in [2.24, 2.45) is 11.8 Å². The van der Waals surface area contributed by atoms with Crippen molar-refractivity contribution in [2.45, 2.75) is 26.2 Å². The van der Waals surface area contributed by atoms with Crippen molar-refractivity contribution in [1.29, 1.82) is 0 Å². The van der Waals surface area contributed by atoms with Gasteiger partial charge in [0.05, 0.1) is 5.92 Å². The number of amides is 3. The predicted molar refractivity (Wildman–Crippen MR) is 77.3 cm³/mol. The molecule has 1 fully saturated rings. The lowest BCUT2D eigenvalue weighted by Crippen LogP contribution is -2.48. The molecule has 116 valence electrons. The average molecular weight is 285 g/mol. The molecule has 1 aliphatic rings. The first-order valence-corrected chi connectivity index (χ1v) is 7.30. The van der Waals surface area contributed by atoms with Crippen LogP contribution in [0.2, 0.25) is 0 Å². The molecular weight excluding hydrogens is 258 g/mol. The van der Waals surface area contributed by atoms with Gasteiger partial charge in [0, 0.05) is 40.3 Å². The highest BCUT2D eigenvalue weighted by atomic mass is 16.3. The molecule has 0 aromatic rings. The minimum atomic E-state index is -0.117. The molecule has 2 unspecified atom stereocenters. The number of carbonyl (C=O) groups is 2. The summed E-state index contributed by atoms with van der Waals surface area (Å²) in [6, 6.07) is -0.0313. The number of likely N-dealkylation sites (tertiary alicyclic amines) is 1. The molecule has 0 saturated carbocycles. The van der Waals surface area contributed by atoms with Crippen molar-refractivity contribution in [2.75, 3.05) is 40.3 Å². The third-order valence-corrected chi connectivity index (χ3v) is 3.69. The van der Waals surface area contributed by atoms with Crippen LogP contribution in [0.15, 0.2) is 0 Å². The number of hydrogen-bond donors (Lipinski definition) is 2. The van der Waals surface area contributed by atoms with E-state index in [1.165, 1.54) is 0 Å². The maximum absolute atomic E-state index is 12.1. The normalized spacial score (nSPS) is 20.4. The van der Waals surface area contributed by atoms with Gasteiger partial charge < -0.3 is 20.2 Å². The number of piperidine rings is 1. The molecule has 0 spiro atoms. The van der Waals surface area contributed by atoms with Gasteiger partial charge in [-0.1, -0.05) is 6.92 Å². The van der Waals surface area contributed by atoms with E-state index >= 15 is 0 Å². The summed E-state index contributed by atoms with van der Waals surface area (Å²) in [7, 11) is 3.45. The number of nitrogens with zero attached hydrogens (tertiary/aromatic N) is 2. The Morgan fingerprint density at radius 1 is 1.45 bits per heavy atom. The molecule has 0 aliphatic carbocycles. The van der Waals surface area contributed by atoms with Crippen LogP contribution in [0.25, 0.3) is 0 Å². The van der Waals surface area contributed by atoms with E-state index in [9.17, 15) is 9.59 Å². The number of urea groups is 1. The predicted octanol–water partition coefficient (Wildman–Crippen LogP) is 0.515. The first-order valence-electron chi connectivity index (χ1n) is 7.30. The van der Waals surface area contributed by atoms with Gasteiger partial charge in [-0.15, -0.1) is 0 Å². The van der Waals surface area contributed by atoms with E-state index in [0.29, 0.717) is 19.5 Å². The Bertz CT molecular complexity index is 334. The van der Waals surface area contributed by atoms with Crippen LogP contribution < -0.4 is 5.32 Å². The molecule has 0 bridgehead atoms. The van der Waals surface area contributed by atoms with Crippen molar-refractivity contribution in [1.82, 2.24) is 15.1 Å². The highest BCUT2D eigenvalue weighted by molar-refractivity contribution is 5.80. The van der Waals surface area contributed by atoms with Crippen LogP contribution in [-0.2, 0) is 4.79 Å². The second-order valence-corrected chi connectivity index (χ2v) is 5.82. The third kappa shape index (κ3) is 5.00. The third-order valence-electron chi connectivity index (χ3n) is 3.69. The summed E-state index contributed by atoms with van der Waals surface area (Å²) in [6.45, 7) is 3.95. The molecule has 20 heavy (non-hydrogen) atoms. The Labute approximate surface area is 121 Å². The largest absolute Gasteiger partial charge is 0.396 e. The molecule has 6 nitrogen and oxygen atoms in total. The van der Waals surface area contributed by atoms with Crippen LogP contribution >= 0.6 is 0 Å². The van der Waals surface area contributed by atoms with Crippen LogP contribution in [-0.4, -0.2) is 67.2 Å². The van der Waals surface area contributed by atoms with Crippen molar-refractivity contribution < 1.29 is 14.7 Å². The van der Waals surface area contributed by atoms with E-state index in [4.69, 9.17) is 5.11 Å². The molecule has 6 heteroatoms. The average Bonchev–Trinajstić information content (AvgIpc) is 2.44. The summed E-state index contributed by atoms with van der Waals surface area (Å²) >= 11 is 0. The fourth-order valence-electron chi connectivity index (χ4n) is 2.39. The Morgan fingerprint density at radius 2 is 2.15 bits per heavy atom. The van der Waals surface area contributed by atoms with Gasteiger partial charge in [-0.25, -0.2) is 4.79 Å². The van der Waals surface area contributed by atoms with Crippen LogP contribution in [0.5, 0.6) is 0 Å². The van der Waals surface area contributed by atoms with Gasteiger partial charge in [0.2, 0.25) is 5.91 Å². The summed E-state index contributed by atoms with van der Waals surface area (Å²) in [6.07, 6.45) is 2.39. The quantitative estimate of drug-likeness (QED) is 0.773. The molecule has 0 aromatic carbocycles. The van der Waals surface area contributed by atoms with Crippen LogP contribution in [0.1, 0.15) is 26.2 Å². The van der Waals surface area contributed by atoms with Crippen LogP contribution in [0.4, 0.5) is 4.79 Å².